The number of rotatable bonds is 9. The number of H-pyrrole nitrogens is 1. The van der Waals surface area contributed by atoms with Crippen molar-refractivity contribution in [1.29, 1.82) is 0 Å². The summed E-state index contributed by atoms with van der Waals surface area (Å²) in [6.07, 6.45) is 4.48. The number of aryl methyl sites for hydroxylation is 1. The van der Waals surface area contributed by atoms with Crippen LogP contribution in [0.3, 0.4) is 0 Å². The average molecular weight is 456 g/mol. The summed E-state index contributed by atoms with van der Waals surface area (Å²) in [4.78, 5) is 5.98. The maximum Gasteiger partial charge on any atom is 0.191 e. The zero-order valence-electron chi connectivity index (χ0n) is 18.5. The summed E-state index contributed by atoms with van der Waals surface area (Å²) in [5.41, 5.74) is 4.37. The summed E-state index contributed by atoms with van der Waals surface area (Å²) in [7, 11) is 0. The van der Waals surface area contributed by atoms with Crippen molar-refractivity contribution in [3.8, 4) is 33.2 Å². The fraction of sp³-hybridized carbons (Fsp3) is 0.240. The number of unbranched alkanes of at least 4 members (excludes halogenated alkanes) is 2. The van der Waals surface area contributed by atoms with E-state index in [2.05, 4.69) is 74.0 Å². The van der Waals surface area contributed by atoms with Gasteiger partial charge in [-0.05, 0) is 45.0 Å². The Balaban J connectivity index is 1.40. The molecule has 0 unspecified atom stereocenters. The van der Waals surface area contributed by atoms with Gasteiger partial charge < -0.3 is 0 Å². The van der Waals surface area contributed by atoms with Crippen LogP contribution in [-0.2, 0) is 13.0 Å². The van der Waals surface area contributed by atoms with Gasteiger partial charge in [0, 0.05) is 12.0 Å². The number of aromatic nitrogens is 7. The molecule has 33 heavy (non-hydrogen) atoms. The molecule has 8 heteroatoms. The molecule has 3 aromatic heterocycles. The minimum absolute atomic E-state index is 0.662. The first kappa shape index (κ1) is 21.2. The van der Waals surface area contributed by atoms with Crippen LogP contribution < -0.4 is 0 Å². The van der Waals surface area contributed by atoms with Crippen LogP contribution >= 0.6 is 11.3 Å². The Morgan fingerprint density at radius 1 is 0.939 bits per heavy atom. The lowest BCUT2D eigenvalue weighted by Crippen LogP contribution is -2.07. The molecule has 1 N–H and O–H groups in total. The standard InChI is InChI=1S/C25H25N7S/c1-2-3-4-11-23-26-25(22-10-7-16-33-22)29-32(23)17-18-12-14-19(15-13-18)20-8-5-6-9-21(20)24-27-30-31-28-24/h5-10,12-16H,2-4,11,17H2,1H3,(H,27,28,30,31). The third-order valence-corrected chi connectivity index (χ3v) is 6.48. The highest BCUT2D eigenvalue weighted by Crippen LogP contribution is 2.30. The molecular weight excluding hydrogens is 430 g/mol. The highest BCUT2D eigenvalue weighted by Gasteiger charge is 2.14. The first-order valence-electron chi connectivity index (χ1n) is 11.2. The Labute approximate surface area is 196 Å². The van der Waals surface area contributed by atoms with E-state index >= 15 is 0 Å². The predicted molar refractivity (Wildman–Crippen MR) is 131 cm³/mol. The topological polar surface area (TPSA) is 85.2 Å². The third kappa shape index (κ3) is 4.75. The van der Waals surface area contributed by atoms with Gasteiger partial charge in [-0.3, -0.25) is 0 Å². The summed E-state index contributed by atoms with van der Waals surface area (Å²) < 4.78 is 2.06. The first-order chi connectivity index (χ1) is 16.3. The fourth-order valence-corrected chi connectivity index (χ4v) is 4.56. The maximum atomic E-state index is 4.87. The summed E-state index contributed by atoms with van der Waals surface area (Å²) in [6.45, 7) is 2.92. The van der Waals surface area contributed by atoms with Gasteiger partial charge in [-0.1, -0.05) is 74.4 Å². The average Bonchev–Trinajstić information content (AvgIpc) is 3.62. The van der Waals surface area contributed by atoms with Crippen LogP contribution in [0.1, 0.15) is 37.6 Å². The van der Waals surface area contributed by atoms with E-state index in [0.717, 1.165) is 46.1 Å². The molecule has 0 atom stereocenters. The third-order valence-electron chi connectivity index (χ3n) is 5.62. The Bertz CT molecular complexity index is 1290. The molecule has 0 saturated heterocycles. The molecule has 0 radical (unpaired) electrons. The van der Waals surface area contributed by atoms with Crippen LogP contribution in [0.15, 0.2) is 66.0 Å². The molecule has 2 aromatic carbocycles. The molecule has 5 rings (SSSR count). The number of hydrogen-bond donors (Lipinski definition) is 1. The van der Waals surface area contributed by atoms with Crippen molar-refractivity contribution in [3.05, 3.63) is 77.4 Å². The van der Waals surface area contributed by atoms with Gasteiger partial charge in [0.2, 0.25) is 0 Å². The number of nitrogens with one attached hydrogen (secondary N) is 1. The Morgan fingerprint density at radius 3 is 2.52 bits per heavy atom. The van der Waals surface area contributed by atoms with E-state index in [1.807, 2.05) is 24.3 Å². The molecule has 0 aliphatic rings. The van der Waals surface area contributed by atoms with E-state index in [1.54, 1.807) is 11.3 Å². The summed E-state index contributed by atoms with van der Waals surface area (Å²) in [5.74, 6) is 2.54. The number of aromatic amines is 1. The normalized spacial score (nSPS) is 11.2. The summed E-state index contributed by atoms with van der Waals surface area (Å²) in [6, 6.07) is 20.9. The predicted octanol–water partition coefficient (Wildman–Crippen LogP) is 5.63. The van der Waals surface area contributed by atoms with Gasteiger partial charge in [0.15, 0.2) is 11.6 Å². The molecule has 0 aliphatic heterocycles. The van der Waals surface area contributed by atoms with Crippen LogP contribution in [0, 0.1) is 0 Å². The first-order valence-corrected chi connectivity index (χ1v) is 12.1. The minimum atomic E-state index is 0.662. The molecule has 0 saturated carbocycles. The summed E-state index contributed by atoms with van der Waals surface area (Å²) >= 11 is 1.68. The van der Waals surface area contributed by atoms with Crippen LogP contribution in [0.2, 0.25) is 0 Å². The van der Waals surface area contributed by atoms with Crippen molar-refractivity contribution < 1.29 is 0 Å². The lowest BCUT2D eigenvalue weighted by atomic mass is 9.98. The zero-order chi connectivity index (χ0) is 22.5. The van der Waals surface area contributed by atoms with Crippen LogP contribution in [0.25, 0.3) is 33.2 Å². The molecule has 0 amide bonds. The number of nitrogens with zero attached hydrogens (tertiary/aromatic N) is 6. The van der Waals surface area contributed by atoms with Gasteiger partial charge in [0.1, 0.15) is 5.82 Å². The second-order valence-electron chi connectivity index (χ2n) is 7.94. The summed E-state index contributed by atoms with van der Waals surface area (Å²) in [5, 5.41) is 21.3. The number of tetrazole rings is 1. The molecule has 3 heterocycles. The molecule has 0 aliphatic carbocycles. The van der Waals surface area contributed by atoms with Crippen molar-refractivity contribution in [2.24, 2.45) is 0 Å². The van der Waals surface area contributed by atoms with Crippen LogP contribution in [0.5, 0.6) is 0 Å². The number of hydrogen-bond acceptors (Lipinski definition) is 6. The van der Waals surface area contributed by atoms with Crippen LogP contribution in [0.4, 0.5) is 0 Å². The fourth-order valence-electron chi connectivity index (χ4n) is 3.91. The molecule has 0 spiro atoms. The van der Waals surface area contributed by atoms with Gasteiger partial charge in [-0.2, -0.15) is 0 Å². The van der Waals surface area contributed by atoms with Gasteiger partial charge in [0.25, 0.3) is 0 Å². The molecule has 166 valence electrons. The Kier molecular flexibility index (Phi) is 6.34. The maximum absolute atomic E-state index is 4.87. The SMILES string of the molecule is CCCCCc1nc(-c2cccs2)nn1Cc1ccc(-c2ccccc2-c2nnn[nH]2)cc1. The van der Waals surface area contributed by atoms with E-state index in [1.165, 1.54) is 18.4 Å². The second kappa shape index (κ2) is 9.87. The van der Waals surface area contributed by atoms with Gasteiger partial charge in [-0.15, -0.1) is 21.5 Å². The van der Waals surface area contributed by atoms with Crippen molar-refractivity contribution >= 4 is 11.3 Å². The molecule has 5 aromatic rings. The largest absolute Gasteiger partial charge is 0.245 e. The number of thiophene rings is 1. The van der Waals surface area contributed by atoms with E-state index in [-0.39, 0.29) is 0 Å². The van der Waals surface area contributed by atoms with E-state index < -0.39 is 0 Å². The van der Waals surface area contributed by atoms with E-state index in [9.17, 15) is 0 Å². The molecule has 0 fully saturated rings. The van der Waals surface area contributed by atoms with Crippen molar-refractivity contribution in [1.82, 2.24) is 35.4 Å². The van der Waals surface area contributed by atoms with E-state index in [0.29, 0.717) is 12.4 Å². The Morgan fingerprint density at radius 2 is 1.79 bits per heavy atom. The zero-order valence-corrected chi connectivity index (χ0v) is 19.3. The lowest BCUT2D eigenvalue weighted by molar-refractivity contribution is 0.607. The van der Waals surface area contributed by atoms with Gasteiger partial charge in [0.05, 0.1) is 11.4 Å². The second-order valence-corrected chi connectivity index (χ2v) is 8.88. The monoisotopic (exact) mass is 455 g/mol. The molecule has 7 nitrogen and oxygen atoms in total. The quantitative estimate of drug-likeness (QED) is 0.291. The highest BCUT2D eigenvalue weighted by molar-refractivity contribution is 7.13. The molecular formula is C25H25N7S. The Hall–Kier alpha value is -3.65. The molecule has 0 bridgehead atoms. The van der Waals surface area contributed by atoms with Crippen molar-refractivity contribution in [2.45, 2.75) is 39.2 Å². The van der Waals surface area contributed by atoms with Crippen molar-refractivity contribution in [3.63, 3.8) is 0 Å². The smallest absolute Gasteiger partial charge is 0.191 e. The number of benzene rings is 2. The van der Waals surface area contributed by atoms with Gasteiger partial charge >= 0.3 is 0 Å². The van der Waals surface area contributed by atoms with E-state index in [4.69, 9.17) is 10.1 Å². The van der Waals surface area contributed by atoms with Gasteiger partial charge in [-0.25, -0.2) is 14.8 Å². The highest BCUT2D eigenvalue weighted by atomic mass is 32.1. The van der Waals surface area contributed by atoms with Crippen molar-refractivity contribution in [2.75, 3.05) is 0 Å². The lowest BCUT2D eigenvalue weighted by Gasteiger charge is -2.09. The minimum Gasteiger partial charge on any atom is -0.245 e. The van der Waals surface area contributed by atoms with Crippen LogP contribution in [-0.4, -0.2) is 35.4 Å².